The molecule has 0 radical (unpaired) electrons. The van der Waals surface area contributed by atoms with Gasteiger partial charge < -0.3 is 5.11 Å². The highest BCUT2D eigenvalue weighted by atomic mass is 79.9. The molecule has 1 atom stereocenters. The van der Waals surface area contributed by atoms with E-state index in [-0.39, 0.29) is 0 Å². The van der Waals surface area contributed by atoms with Crippen molar-refractivity contribution in [1.29, 1.82) is 0 Å². The SMILES string of the molecule is CCn1nc(C)c(Br)c1CC(O)Cc1cccc(Br)c1. The summed E-state index contributed by atoms with van der Waals surface area (Å²) in [7, 11) is 0. The molecule has 108 valence electrons. The van der Waals surface area contributed by atoms with Crippen LogP contribution in [0.1, 0.15) is 23.9 Å². The fourth-order valence-corrected chi connectivity index (χ4v) is 3.19. The molecule has 3 nitrogen and oxygen atoms in total. The molecule has 0 aliphatic rings. The molecule has 0 saturated carbocycles. The van der Waals surface area contributed by atoms with E-state index in [4.69, 9.17) is 0 Å². The summed E-state index contributed by atoms with van der Waals surface area (Å²) in [4.78, 5) is 0. The van der Waals surface area contributed by atoms with Crippen LogP contribution >= 0.6 is 31.9 Å². The first-order valence-electron chi connectivity index (χ1n) is 6.65. The minimum absolute atomic E-state index is 0.415. The molecular weight excluding hydrogens is 384 g/mol. The van der Waals surface area contributed by atoms with Crippen LogP contribution in [0.2, 0.25) is 0 Å². The van der Waals surface area contributed by atoms with Crippen LogP contribution in [0.4, 0.5) is 0 Å². The standard InChI is InChI=1S/C15H18Br2N2O/c1-3-19-14(15(17)10(2)18-19)9-13(20)8-11-5-4-6-12(16)7-11/h4-7,13,20H,3,8-9H2,1-2H3. The van der Waals surface area contributed by atoms with Gasteiger partial charge in [-0.2, -0.15) is 5.10 Å². The van der Waals surface area contributed by atoms with Crippen molar-refractivity contribution < 1.29 is 5.11 Å². The fourth-order valence-electron chi connectivity index (χ4n) is 2.30. The van der Waals surface area contributed by atoms with Crippen molar-refractivity contribution in [2.45, 2.75) is 39.3 Å². The Hall–Kier alpha value is -0.650. The van der Waals surface area contributed by atoms with Gasteiger partial charge in [-0.25, -0.2) is 0 Å². The number of hydrogen-bond acceptors (Lipinski definition) is 2. The van der Waals surface area contributed by atoms with Gasteiger partial charge in [0.25, 0.3) is 0 Å². The lowest BCUT2D eigenvalue weighted by Gasteiger charge is -2.12. The number of nitrogens with zero attached hydrogens (tertiary/aromatic N) is 2. The summed E-state index contributed by atoms with van der Waals surface area (Å²) in [5, 5.41) is 14.8. The van der Waals surface area contributed by atoms with Gasteiger partial charge in [0.1, 0.15) is 0 Å². The van der Waals surface area contributed by atoms with Crippen molar-refractivity contribution in [3.8, 4) is 0 Å². The Morgan fingerprint density at radius 3 is 2.70 bits per heavy atom. The zero-order valence-electron chi connectivity index (χ0n) is 11.6. The molecule has 1 aromatic carbocycles. The number of aromatic nitrogens is 2. The number of aliphatic hydroxyl groups excluding tert-OH is 1. The number of aliphatic hydroxyl groups is 1. The van der Waals surface area contributed by atoms with Crippen LogP contribution in [0.15, 0.2) is 33.2 Å². The highest BCUT2D eigenvalue weighted by Gasteiger charge is 2.16. The molecule has 0 aliphatic carbocycles. The van der Waals surface area contributed by atoms with Gasteiger partial charge in [-0.15, -0.1) is 0 Å². The first-order valence-corrected chi connectivity index (χ1v) is 8.24. The van der Waals surface area contributed by atoms with Gasteiger partial charge in [0.05, 0.1) is 22.0 Å². The van der Waals surface area contributed by atoms with Crippen LogP contribution in [0.3, 0.4) is 0 Å². The van der Waals surface area contributed by atoms with Crippen LogP contribution in [-0.4, -0.2) is 21.0 Å². The number of aryl methyl sites for hydroxylation is 2. The maximum Gasteiger partial charge on any atom is 0.0738 e. The van der Waals surface area contributed by atoms with Crippen LogP contribution in [-0.2, 0) is 19.4 Å². The third-order valence-corrected chi connectivity index (χ3v) is 4.77. The van der Waals surface area contributed by atoms with Crippen LogP contribution in [0, 0.1) is 6.92 Å². The van der Waals surface area contributed by atoms with Gasteiger partial charge in [-0.1, -0.05) is 28.1 Å². The predicted molar refractivity (Wildman–Crippen MR) is 87.9 cm³/mol. The third kappa shape index (κ3) is 3.71. The van der Waals surface area contributed by atoms with Crippen molar-refractivity contribution in [3.63, 3.8) is 0 Å². The smallest absolute Gasteiger partial charge is 0.0738 e. The minimum Gasteiger partial charge on any atom is -0.392 e. The number of halogens is 2. The Balaban J connectivity index is 2.10. The van der Waals surface area contributed by atoms with Gasteiger partial charge in [0, 0.05) is 17.4 Å². The third-order valence-electron chi connectivity index (χ3n) is 3.24. The molecule has 0 amide bonds. The molecule has 5 heteroatoms. The molecule has 0 bridgehead atoms. The van der Waals surface area contributed by atoms with Gasteiger partial charge in [0.2, 0.25) is 0 Å². The highest BCUT2D eigenvalue weighted by Crippen LogP contribution is 2.23. The Morgan fingerprint density at radius 2 is 2.05 bits per heavy atom. The first kappa shape index (κ1) is 15.7. The molecule has 2 aromatic rings. The summed E-state index contributed by atoms with van der Waals surface area (Å²) >= 11 is 7.02. The summed E-state index contributed by atoms with van der Waals surface area (Å²) in [6, 6.07) is 8.05. The monoisotopic (exact) mass is 400 g/mol. The van der Waals surface area contributed by atoms with E-state index in [1.54, 1.807) is 0 Å². The lowest BCUT2D eigenvalue weighted by molar-refractivity contribution is 0.172. The van der Waals surface area contributed by atoms with Gasteiger partial charge in [-0.3, -0.25) is 4.68 Å². The van der Waals surface area contributed by atoms with Crippen LogP contribution in [0.5, 0.6) is 0 Å². The zero-order valence-corrected chi connectivity index (χ0v) is 14.8. The summed E-state index contributed by atoms with van der Waals surface area (Å²) in [6.45, 7) is 4.84. The summed E-state index contributed by atoms with van der Waals surface area (Å²) in [5.41, 5.74) is 3.16. The maximum atomic E-state index is 10.3. The van der Waals surface area contributed by atoms with Gasteiger partial charge in [0.15, 0.2) is 0 Å². The molecule has 20 heavy (non-hydrogen) atoms. The van der Waals surface area contributed by atoms with Crippen molar-refractivity contribution in [2.24, 2.45) is 0 Å². The Labute approximate surface area is 136 Å². The normalized spacial score (nSPS) is 12.7. The van der Waals surface area contributed by atoms with E-state index in [9.17, 15) is 5.11 Å². The van der Waals surface area contributed by atoms with Gasteiger partial charge >= 0.3 is 0 Å². The molecule has 0 saturated heterocycles. The average Bonchev–Trinajstić information content (AvgIpc) is 2.66. The van der Waals surface area contributed by atoms with E-state index in [1.807, 2.05) is 35.9 Å². The van der Waals surface area contributed by atoms with Crippen molar-refractivity contribution >= 4 is 31.9 Å². The van der Waals surface area contributed by atoms with Crippen LogP contribution < -0.4 is 0 Å². The number of benzene rings is 1. The molecule has 1 heterocycles. The van der Waals surface area contributed by atoms with E-state index in [2.05, 4.69) is 43.9 Å². The molecule has 1 aromatic heterocycles. The molecule has 1 unspecified atom stereocenters. The maximum absolute atomic E-state index is 10.3. The van der Waals surface area contributed by atoms with E-state index in [0.717, 1.165) is 32.4 Å². The lowest BCUT2D eigenvalue weighted by atomic mass is 10.0. The average molecular weight is 402 g/mol. The second kappa shape index (κ2) is 6.87. The van der Waals surface area contributed by atoms with Crippen molar-refractivity contribution in [1.82, 2.24) is 9.78 Å². The highest BCUT2D eigenvalue weighted by molar-refractivity contribution is 9.10. The van der Waals surface area contributed by atoms with E-state index >= 15 is 0 Å². The van der Waals surface area contributed by atoms with E-state index < -0.39 is 6.10 Å². The predicted octanol–water partition coefficient (Wildman–Crippen LogP) is 3.88. The number of hydrogen-bond donors (Lipinski definition) is 1. The topological polar surface area (TPSA) is 38.0 Å². The molecule has 0 fully saturated rings. The summed E-state index contributed by atoms with van der Waals surface area (Å²) in [6.07, 6.45) is 0.823. The molecule has 0 aliphatic heterocycles. The number of rotatable bonds is 5. The second-order valence-corrected chi connectivity index (χ2v) is 6.56. The molecule has 0 spiro atoms. The Morgan fingerprint density at radius 1 is 1.30 bits per heavy atom. The fraction of sp³-hybridized carbons (Fsp3) is 0.400. The van der Waals surface area contributed by atoms with Crippen LogP contribution in [0.25, 0.3) is 0 Å². The largest absolute Gasteiger partial charge is 0.392 e. The molecule has 2 rings (SSSR count). The zero-order chi connectivity index (χ0) is 14.7. The first-order chi connectivity index (χ1) is 9.51. The Kier molecular flexibility index (Phi) is 5.41. The quantitative estimate of drug-likeness (QED) is 0.825. The van der Waals surface area contributed by atoms with Crippen molar-refractivity contribution in [3.05, 3.63) is 50.2 Å². The van der Waals surface area contributed by atoms with E-state index in [1.165, 1.54) is 0 Å². The van der Waals surface area contributed by atoms with E-state index in [0.29, 0.717) is 12.8 Å². The summed E-state index contributed by atoms with van der Waals surface area (Å²) in [5.74, 6) is 0. The minimum atomic E-state index is -0.415. The lowest BCUT2D eigenvalue weighted by Crippen LogP contribution is -2.17. The summed E-state index contributed by atoms with van der Waals surface area (Å²) < 4.78 is 3.99. The molecule has 1 N–H and O–H groups in total. The Bertz CT molecular complexity index is 596. The van der Waals surface area contributed by atoms with Crippen molar-refractivity contribution in [2.75, 3.05) is 0 Å². The second-order valence-electron chi connectivity index (χ2n) is 4.85. The molecular formula is C15H18Br2N2O. The van der Waals surface area contributed by atoms with Gasteiger partial charge in [-0.05, 0) is 53.9 Å².